The van der Waals surface area contributed by atoms with Gasteiger partial charge in [-0.1, -0.05) is 0 Å². The zero-order valence-corrected chi connectivity index (χ0v) is 16.4. The zero-order chi connectivity index (χ0) is 18.8. The monoisotopic (exact) mass is 364 g/mol. The molecular formula is C19H32N4O3. The summed E-state index contributed by atoms with van der Waals surface area (Å²) in [6, 6.07) is 6.44. The maximum atomic E-state index is 5.36. The van der Waals surface area contributed by atoms with E-state index in [-0.39, 0.29) is 0 Å². The van der Waals surface area contributed by atoms with E-state index in [9.17, 15) is 0 Å². The molecule has 1 aromatic rings. The molecule has 1 aliphatic rings. The van der Waals surface area contributed by atoms with Crippen LogP contribution in [0.3, 0.4) is 0 Å². The zero-order valence-electron chi connectivity index (χ0n) is 16.4. The number of methoxy groups -OCH3 is 3. The Labute approximate surface area is 156 Å². The van der Waals surface area contributed by atoms with Crippen LogP contribution in [0.1, 0.15) is 19.8 Å². The van der Waals surface area contributed by atoms with Crippen molar-refractivity contribution in [3.8, 4) is 11.5 Å². The maximum Gasteiger partial charge on any atom is 0.195 e. The van der Waals surface area contributed by atoms with Crippen molar-refractivity contribution in [2.24, 2.45) is 4.99 Å². The number of anilines is 1. The van der Waals surface area contributed by atoms with Crippen LogP contribution >= 0.6 is 0 Å². The van der Waals surface area contributed by atoms with Crippen LogP contribution in [0.5, 0.6) is 11.5 Å². The van der Waals surface area contributed by atoms with Crippen LogP contribution in [-0.4, -0.2) is 71.0 Å². The van der Waals surface area contributed by atoms with Crippen molar-refractivity contribution in [2.45, 2.75) is 25.8 Å². The molecule has 26 heavy (non-hydrogen) atoms. The summed E-state index contributed by atoms with van der Waals surface area (Å²) in [5, 5.41) is 6.61. The predicted octanol–water partition coefficient (Wildman–Crippen LogP) is 2.19. The lowest BCUT2D eigenvalue weighted by Crippen LogP contribution is -2.34. The summed E-state index contributed by atoms with van der Waals surface area (Å²) in [6.45, 7) is 6.27. The molecule has 146 valence electrons. The van der Waals surface area contributed by atoms with Gasteiger partial charge in [0.1, 0.15) is 0 Å². The van der Waals surface area contributed by atoms with Crippen LogP contribution in [0.2, 0.25) is 0 Å². The fourth-order valence-electron chi connectivity index (χ4n) is 2.77. The quantitative estimate of drug-likeness (QED) is 0.463. The lowest BCUT2D eigenvalue weighted by atomic mass is 10.3. The van der Waals surface area contributed by atoms with E-state index >= 15 is 0 Å². The third-order valence-corrected chi connectivity index (χ3v) is 4.29. The van der Waals surface area contributed by atoms with Crippen molar-refractivity contribution in [2.75, 3.05) is 59.4 Å². The van der Waals surface area contributed by atoms with Crippen molar-refractivity contribution < 1.29 is 14.2 Å². The molecule has 0 atom stereocenters. The van der Waals surface area contributed by atoms with Gasteiger partial charge in [0.25, 0.3) is 0 Å². The number of aliphatic imine (C=N–C) groups is 1. The molecule has 1 aliphatic carbocycles. The summed E-state index contributed by atoms with van der Waals surface area (Å²) in [5.74, 6) is 2.16. The Bertz CT molecular complexity index is 576. The van der Waals surface area contributed by atoms with Crippen molar-refractivity contribution in [3.63, 3.8) is 0 Å². The van der Waals surface area contributed by atoms with E-state index in [2.05, 4.69) is 22.5 Å². The van der Waals surface area contributed by atoms with E-state index in [1.54, 1.807) is 21.3 Å². The van der Waals surface area contributed by atoms with Gasteiger partial charge in [-0.25, -0.2) is 0 Å². The van der Waals surface area contributed by atoms with Gasteiger partial charge in [0.2, 0.25) is 0 Å². The molecule has 2 rings (SSSR count). The second kappa shape index (κ2) is 10.9. The maximum absolute atomic E-state index is 5.36. The summed E-state index contributed by atoms with van der Waals surface area (Å²) in [5.41, 5.74) is 0.904. The van der Waals surface area contributed by atoms with Crippen molar-refractivity contribution in [1.29, 1.82) is 0 Å². The predicted molar refractivity (Wildman–Crippen MR) is 106 cm³/mol. The minimum atomic E-state index is 0.688. The first-order valence-corrected chi connectivity index (χ1v) is 9.22. The van der Waals surface area contributed by atoms with Gasteiger partial charge in [0.15, 0.2) is 17.5 Å². The normalized spacial score (nSPS) is 14.4. The Balaban J connectivity index is 1.95. The van der Waals surface area contributed by atoms with Gasteiger partial charge in [-0.15, -0.1) is 0 Å². The first-order chi connectivity index (χ1) is 12.7. The van der Waals surface area contributed by atoms with Crippen LogP contribution in [0.25, 0.3) is 0 Å². The highest BCUT2D eigenvalue weighted by molar-refractivity contribution is 5.93. The van der Waals surface area contributed by atoms with Gasteiger partial charge >= 0.3 is 0 Å². The fourth-order valence-corrected chi connectivity index (χ4v) is 2.77. The number of nitrogens with one attached hydrogen (secondary N) is 2. The fraction of sp³-hybridized carbons (Fsp3) is 0.632. The van der Waals surface area contributed by atoms with Gasteiger partial charge in [-0.05, 0) is 31.9 Å². The molecule has 0 spiro atoms. The molecule has 0 unspecified atom stereocenters. The topological polar surface area (TPSA) is 67.4 Å². The standard InChI is InChI=1S/C19H32N4O3/c1-5-20-19(21-10-11-23(12-13-24-2)16-7-8-16)22-15-6-9-17(25-3)18(14-15)26-4/h6,9,14,16H,5,7-8,10-13H2,1-4H3,(H2,20,21,22). The Morgan fingerprint density at radius 2 is 1.92 bits per heavy atom. The van der Waals surface area contributed by atoms with E-state index in [1.165, 1.54) is 12.8 Å². The summed E-state index contributed by atoms with van der Waals surface area (Å²) >= 11 is 0. The third kappa shape index (κ3) is 6.38. The molecule has 0 saturated heterocycles. The number of ether oxygens (including phenoxy) is 3. The second-order valence-electron chi connectivity index (χ2n) is 6.22. The number of rotatable bonds is 11. The van der Waals surface area contributed by atoms with Crippen LogP contribution in [0.4, 0.5) is 5.69 Å². The van der Waals surface area contributed by atoms with Gasteiger partial charge in [0.05, 0.1) is 27.4 Å². The Hall–Kier alpha value is -1.99. The number of hydrogen-bond donors (Lipinski definition) is 2. The average Bonchev–Trinajstić information content (AvgIpc) is 3.49. The molecule has 0 radical (unpaired) electrons. The average molecular weight is 364 g/mol. The molecule has 0 amide bonds. The molecule has 1 fully saturated rings. The van der Waals surface area contributed by atoms with Crippen LogP contribution in [-0.2, 0) is 4.74 Å². The lowest BCUT2D eigenvalue weighted by Gasteiger charge is -2.20. The highest BCUT2D eigenvalue weighted by Crippen LogP contribution is 2.29. The largest absolute Gasteiger partial charge is 0.493 e. The van der Waals surface area contributed by atoms with Gasteiger partial charge < -0.3 is 24.8 Å². The smallest absolute Gasteiger partial charge is 0.195 e. The Morgan fingerprint density at radius 3 is 2.54 bits per heavy atom. The Kier molecular flexibility index (Phi) is 8.50. The summed E-state index contributed by atoms with van der Waals surface area (Å²) in [6.07, 6.45) is 2.58. The summed E-state index contributed by atoms with van der Waals surface area (Å²) < 4.78 is 15.9. The molecule has 1 aromatic carbocycles. The van der Waals surface area contributed by atoms with E-state index in [1.807, 2.05) is 18.2 Å². The SMILES string of the molecule is CCNC(=NCCN(CCOC)C1CC1)Nc1ccc(OC)c(OC)c1. The summed E-state index contributed by atoms with van der Waals surface area (Å²) in [4.78, 5) is 7.17. The lowest BCUT2D eigenvalue weighted by molar-refractivity contribution is 0.145. The molecule has 0 aromatic heterocycles. The number of hydrogen-bond acceptors (Lipinski definition) is 5. The summed E-state index contributed by atoms with van der Waals surface area (Å²) in [7, 11) is 5.01. The third-order valence-electron chi connectivity index (χ3n) is 4.29. The minimum absolute atomic E-state index is 0.688. The van der Waals surface area contributed by atoms with E-state index < -0.39 is 0 Å². The molecule has 0 aliphatic heterocycles. The van der Waals surface area contributed by atoms with Gasteiger partial charge in [0, 0.05) is 44.5 Å². The van der Waals surface area contributed by atoms with Crippen molar-refractivity contribution in [1.82, 2.24) is 10.2 Å². The van der Waals surface area contributed by atoms with Gasteiger partial charge in [-0.2, -0.15) is 0 Å². The Morgan fingerprint density at radius 1 is 1.15 bits per heavy atom. The number of benzene rings is 1. The molecule has 2 N–H and O–H groups in total. The molecule has 7 nitrogen and oxygen atoms in total. The highest BCUT2D eigenvalue weighted by atomic mass is 16.5. The first-order valence-electron chi connectivity index (χ1n) is 9.22. The van der Waals surface area contributed by atoms with Crippen LogP contribution in [0, 0.1) is 0 Å². The number of guanidine groups is 1. The highest BCUT2D eigenvalue weighted by Gasteiger charge is 2.28. The molecule has 0 heterocycles. The van der Waals surface area contributed by atoms with E-state index in [4.69, 9.17) is 19.2 Å². The van der Waals surface area contributed by atoms with E-state index in [0.717, 1.165) is 44.4 Å². The molecule has 1 saturated carbocycles. The number of nitrogens with zero attached hydrogens (tertiary/aromatic N) is 2. The van der Waals surface area contributed by atoms with Crippen LogP contribution in [0.15, 0.2) is 23.2 Å². The molecule has 0 bridgehead atoms. The first kappa shape index (κ1) is 20.3. The molecule has 7 heteroatoms. The van der Waals surface area contributed by atoms with Crippen molar-refractivity contribution in [3.05, 3.63) is 18.2 Å². The van der Waals surface area contributed by atoms with Crippen LogP contribution < -0.4 is 20.1 Å². The van der Waals surface area contributed by atoms with Gasteiger partial charge in [-0.3, -0.25) is 9.89 Å². The second-order valence-corrected chi connectivity index (χ2v) is 6.22. The minimum Gasteiger partial charge on any atom is -0.493 e. The van der Waals surface area contributed by atoms with Crippen molar-refractivity contribution >= 4 is 11.6 Å². The molecular weight excluding hydrogens is 332 g/mol. The van der Waals surface area contributed by atoms with E-state index in [0.29, 0.717) is 17.5 Å².